The van der Waals surface area contributed by atoms with Gasteiger partial charge >= 0.3 is 6.03 Å². The summed E-state index contributed by atoms with van der Waals surface area (Å²) in [6.45, 7) is 0. The van der Waals surface area contributed by atoms with Crippen LogP contribution in [0.4, 0.5) is 10.5 Å². The van der Waals surface area contributed by atoms with Crippen molar-refractivity contribution in [2.75, 3.05) is 19.5 Å². The second kappa shape index (κ2) is 8.07. The van der Waals surface area contributed by atoms with Crippen LogP contribution < -0.4 is 25.6 Å². The van der Waals surface area contributed by atoms with E-state index in [4.69, 9.17) is 21.1 Å². The summed E-state index contributed by atoms with van der Waals surface area (Å²) in [6.07, 6.45) is 0. The zero-order chi connectivity index (χ0) is 17.5. The van der Waals surface area contributed by atoms with Crippen LogP contribution in [0.2, 0.25) is 5.02 Å². The largest absolute Gasteiger partial charge is 0.493 e. The van der Waals surface area contributed by atoms with Crippen LogP contribution in [-0.4, -0.2) is 26.2 Å². The van der Waals surface area contributed by atoms with E-state index in [2.05, 4.69) is 16.2 Å². The SMILES string of the molecule is COc1ccc(C(=O)NNC(=O)Nc2cccc(Cl)c2)cc1OC. The van der Waals surface area contributed by atoms with Crippen molar-refractivity contribution in [3.8, 4) is 11.5 Å². The van der Waals surface area contributed by atoms with Crippen molar-refractivity contribution in [2.45, 2.75) is 0 Å². The van der Waals surface area contributed by atoms with Crippen molar-refractivity contribution in [2.24, 2.45) is 0 Å². The molecule has 0 aliphatic carbocycles. The van der Waals surface area contributed by atoms with Crippen LogP contribution in [0, 0.1) is 0 Å². The Hall–Kier alpha value is -2.93. The van der Waals surface area contributed by atoms with Crippen LogP contribution in [0.3, 0.4) is 0 Å². The molecule has 0 saturated carbocycles. The Bertz CT molecular complexity index is 752. The molecule has 0 aromatic heterocycles. The molecular formula is C16H16ClN3O4. The Morgan fingerprint density at radius 2 is 1.71 bits per heavy atom. The van der Waals surface area contributed by atoms with Crippen LogP contribution in [0.5, 0.6) is 11.5 Å². The maximum atomic E-state index is 12.1. The van der Waals surface area contributed by atoms with E-state index in [1.165, 1.54) is 20.3 Å². The molecule has 0 heterocycles. The van der Waals surface area contributed by atoms with E-state index < -0.39 is 11.9 Å². The average Bonchev–Trinajstić information content (AvgIpc) is 2.59. The normalized spacial score (nSPS) is 9.79. The maximum absolute atomic E-state index is 12.1. The van der Waals surface area contributed by atoms with Gasteiger partial charge < -0.3 is 14.8 Å². The lowest BCUT2D eigenvalue weighted by atomic mass is 10.2. The summed E-state index contributed by atoms with van der Waals surface area (Å²) in [4.78, 5) is 23.8. The highest BCUT2D eigenvalue weighted by Crippen LogP contribution is 2.27. The number of nitrogens with one attached hydrogen (secondary N) is 3. The fraction of sp³-hybridized carbons (Fsp3) is 0.125. The van der Waals surface area contributed by atoms with Crippen molar-refractivity contribution in [1.82, 2.24) is 10.9 Å². The number of carbonyl (C=O) groups excluding carboxylic acids is 2. The molecule has 0 unspecified atom stereocenters. The van der Waals surface area contributed by atoms with Crippen LogP contribution >= 0.6 is 11.6 Å². The molecule has 2 rings (SSSR count). The van der Waals surface area contributed by atoms with Gasteiger partial charge in [-0.05, 0) is 36.4 Å². The van der Waals surface area contributed by atoms with Gasteiger partial charge in [-0.1, -0.05) is 17.7 Å². The average molecular weight is 350 g/mol. The second-order valence-corrected chi connectivity index (χ2v) is 5.05. The lowest BCUT2D eigenvalue weighted by molar-refractivity contribution is 0.0937. The van der Waals surface area contributed by atoms with E-state index in [1.807, 2.05) is 0 Å². The van der Waals surface area contributed by atoms with E-state index in [1.54, 1.807) is 36.4 Å². The topological polar surface area (TPSA) is 88.7 Å². The first-order valence-corrected chi connectivity index (χ1v) is 7.26. The zero-order valence-electron chi connectivity index (χ0n) is 13.1. The summed E-state index contributed by atoms with van der Waals surface area (Å²) in [5.74, 6) is 0.409. The molecular weight excluding hydrogens is 334 g/mol. The first-order valence-electron chi connectivity index (χ1n) is 6.88. The molecule has 0 saturated heterocycles. The number of anilines is 1. The highest BCUT2D eigenvalue weighted by molar-refractivity contribution is 6.30. The fourth-order valence-corrected chi connectivity index (χ4v) is 2.08. The molecule has 2 aromatic carbocycles. The van der Waals surface area contributed by atoms with Crippen LogP contribution in [0.1, 0.15) is 10.4 Å². The number of urea groups is 1. The number of halogens is 1. The van der Waals surface area contributed by atoms with E-state index in [9.17, 15) is 9.59 Å². The predicted molar refractivity (Wildman–Crippen MR) is 90.6 cm³/mol. The summed E-state index contributed by atoms with van der Waals surface area (Å²) >= 11 is 5.83. The number of carbonyl (C=O) groups is 2. The molecule has 0 atom stereocenters. The van der Waals surface area contributed by atoms with Crippen LogP contribution in [-0.2, 0) is 0 Å². The number of methoxy groups -OCH3 is 2. The smallest absolute Gasteiger partial charge is 0.337 e. The molecule has 126 valence electrons. The van der Waals surface area contributed by atoms with E-state index >= 15 is 0 Å². The third-order valence-corrected chi connectivity index (χ3v) is 3.25. The monoisotopic (exact) mass is 349 g/mol. The van der Waals surface area contributed by atoms with Gasteiger partial charge in [0.1, 0.15) is 0 Å². The molecule has 0 aliphatic heterocycles. The number of hydrazine groups is 1. The van der Waals surface area contributed by atoms with Gasteiger partial charge in [-0.15, -0.1) is 0 Å². The van der Waals surface area contributed by atoms with Gasteiger partial charge in [0.05, 0.1) is 14.2 Å². The van der Waals surface area contributed by atoms with Gasteiger partial charge in [-0.2, -0.15) is 0 Å². The molecule has 0 bridgehead atoms. The predicted octanol–water partition coefficient (Wildman–Crippen LogP) is 2.82. The van der Waals surface area contributed by atoms with Crippen LogP contribution in [0.15, 0.2) is 42.5 Å². The Balaban J connectivity index is 1.94. The Morgan fingerprint density at radius 3 is 2.38 bits per heavy atom. The summed E-state index contributed by atoms with van der Waals surface area (Å²) in [5, 5.41) is 3.02. The number of hydrogen-bond donors (Lipinski definition) is 3. The molecule has 0 radical (unpaired) electrons. The first-order chi connectivity index (χ1) is 11.5. The van der Waals surface area contributed by atoms with Gasteiger partial charge in [0.25, 0.3) is 5.91 Å². The highest BCUT2D eigenvalue weighted by atomic mass is 35.5. The van der Waals surface area contributed by atoms with Gasteiger partial charge in [0.15, 0.2) is 11.5 Å². The van der Waals surface area contributed by atoms with Crippen molar-refractivity contribution >= 4 is 29.2 Å². The number of ether oxygens (including phenoxy) is 2. The van der Waals surface area contributed by atoms with Crippen molar-refractivity contribution < 1.29 is 19.1 Å². The first kappa shape index (κ1) is 17.4. The van der Waals surface area contributed by atoms with Gasteiger partial charge in [0, 0.05) is 16.3 Å². The minimum absolute atomic E-state index is 0.302. The number of amides is 3. The summed E-state index contributed by atoms with van der Waals surface area (Å²) in [6, 6.07) is 10.7. The molecule has 24 heavy (non-hydrogen) atoms. The maximum Gasteiger partial charge on any atom is 0.337 e. The van der Waals surface area contributed by atoms with E-state index in [-0.39, 0.29) is 0 Å². The van der Waals surface area contributed by atoms with Crippen LogP contribution in [0.25, 0.3) is 0 Å². The summed E-state index contributed by atoms with van der Waals surface area (Å²) in [5.41, 5.74) is 5.34. The third kappa shape index (κ3) is 4.53. The molecule has 7 nitrogen and oxygen atoms in total. The number of hydrogen-bond acceptors (Lipinski definition) is 4. The number of rotatable bonds is 4. The fourth-order valence-electron chi connectivity index (χ4n) is 1.89. The Morgan fingerprint density at radius 1 is 0.958 bits per heavy atom. The highest BCUT2D eigenvalue weighted by Gasteiger charge is 2.11. The minimum Gasteiger partial charge on any atom is -0.493 e. The molecule has 3 N–H and O–H groups in total. The second-order valence-electron chi connectivity index (χ2n) is 4.61. The summed E-state index contributed by atoms with van der Waals surface area (Å²) in [7, 11) is 2.97. The molecule has 0 spiro atoms. The molecule has 0 aliphatic rings. The van der Waals surface area contributed by atoms with E-state index in [0.717, 1.165) is 0 Å². The molecule has 2 aromatic rings. The number of benzene rings is 2. The van der Waals surface area contributed by atoms with E-state index in [0.29, 0.717) is 27.8 Å². The summed E-state index contributed by atoms with van der Waals surface area (Å²) < 4.78 is 10.2. The Labute approximate surface area is 143 Å². The lowest BCUT2D eigenvalue weighted by Gasteiger charge is -2.11. The van der Waals surface area contributed by atoms with Gasteiger partial charge in [0.2, 0.25) is 0 Å². The standard InChI is InChI=1S/C16H16ClN3O4/c1-23-13-7-6-10(8-14(13)24-2)15(21)19-20-16(22)18-12-5-3-4-11(17)9-12/h3-9H,1-2H3,(H,19,21)(H2,18,20,22). The van der Waals surface area contributed by atoms with Crippen molar-refractivity contribution in [3.05, 3.63) is 53.1 Å². The van der Waals surface area contributed by atoms with Crippen molar-refractivity contribution in [1.29, 1.82) is 0 Å². The zero-order valence-corrected chi connectivity index (χ0v) is 13.8. The molecule has 8 heteroatoms. The van der Waals surface area contributed by atoms with Gasteiger partial charge in [-0.25, -0.2) is 10.2 Å². The van der Waals surface area contributed by atoms with Crippen molar-refractivity contribution in [3.63, 3.8) is 0 Å². The molecule has 0 fully saturated rings. The molecule has 3 amide bonds. The van der Waals surface area contributed by atoms with Gasteiger partial charge in [-0.3, -0.25) is 10.2 Å². The Kier molecular flexibility index (Phi) is 5.86. The quantitative estimate of drug-likeness (QED) is 0.740. The lowest BCUT2D eigenvalue weighted by Crippen LogP contribution is -2.43. The minimum atomic E-state index is -0.605. The third-order valence-electron chi connectivity index (χ3n) is 3.02.